The van der Waals surface area contributed by atoms with Crippen molar-refractivity contribution < 1.29 is 0 Å². The van der Waals surface area contributed by atoms with Crippen LogP contribution in [-0.4, -0.2) is 12.8 Å². The lowest BCUT2D eigenvalue weighted by Gasteiger charge is -2.17. The molecule has 0 radical (unpaired) electrons. The number of allylic oxidation sites excluding steroid dienone is 2. The quantitative estimate of drug-likeness (QED) is 0.645. The molecule has 0 heterocycles. The zero-order chi connectivity index (χ0) is 9.61. The van der Waals surface area contributed by atoms with Gasteiger partial charge in [-0.05, 0) is 12.5 Å². The molecule has 0 unspecified atom stereocenters. The largest absolute Gasteiger partial charge is 0.402 e. The summed E-state index contributed by atoms with van der Waals surface area (Å²) in [6, 6.07) is 0. The lowest BCUT2D eigenvalue weighted by molar-refractivity contribution is 0.498. The average molecular weight is 168 g/mol. The Labute approximate surface area is 75.6 Å². The highest BCUT2D eigenvalue weighted by Crippen LogP contribution is 2.19. The second kappa shape index (κ2) is 4.96. The third-order valence-corrected chi connectivity index (χ3v) is 1.58. The number of hydrogen-bond donors (Lipinski definition) is 1. The van der Waals surface area contributed by atoms with Crippen LogP contribution in [0.15, 0.2) is 16.8 Å². The Kier molecular flexibility index (Phi) is 4.64. The highest BCUT2D eigenvalue weighted by Gasteiger charge is 2.11. The summed E-state index contributed by atoms with van der Waals surface area (Å²) >= 11 is 0. The Morgan fingerprint density at radius 3 is 2.42 bits per heavy atom. The van der Waals surface area contributed by atoms with E-state index in [1.807, 2.05) is 6.08 Å². The van der Waals surface area contributed by atoms with E-state index in [1.54, 1.807) is 6.21 Å². The highest BCUT2D eigenvalue weighted by atomic mass is 14.7. The molecule has 0 aliphatic carbocycles. The van der Waals surface area contributed by atoms with Gasteiger partial charge >= 0.3 is 0 Å². The van der Waals surface area contributed by atoms with Crippen LogP contribution in [0.25, 0.3) is 0 Å². The first-order valence-corrected chi connectivity index (χ1v) is 4.44. The van der Waals surface area contributed by atoms with Crippen LogP contribution in [0.3, 0.4) is 0 Å². The fourth-order valence-corrected chi connectivity index (χ4v) is 0.587. The molecule has 2 heteroatoms. The zero-order valence-corrected chi connectivity index (χ0v) is 8.59. The van der Waals surface area contributed by atoms with E-state index in [1.165, 1.54) is 0 Å². The molecule has 0 aromatic heterocycles. The van der Waals surface area contributed by atoms with Crippen molar-refractivity contribution in [3.8, 4) is 0 Å². The molecule has 0 saturated heterocycles. The van der Waals surface area contributed by atoms with Gasteiger partial charge in [0, 0.05) is 23.9 Å². The van der Waals surface area contributed by atoms with Crippen molar-refractivity contribution >= 4 is 6.21 Å². The SMILES string of the molecule is CCCN=CC=C(N)C(C)(C)C. The van der Waals surface area contributed by atoms with Crippen molar-refractivity contribution in [2.45, 2.75) is 34.1 Å². The number of nitrogens with zero attached hydrogens (tertiary/aromatic N) is 1. The molecule has 0 aromatic rings. The molecule has 0 saturated carbocycles. The first-order valence-electron chi connectivity index (χ1n) is 4.44. The minimum Gasteiger partial charge on any atom is -0.402 e. The highest BCUT2D eigenvalue weighted by molar-refractivity contribution is 5.72. The normalized spacial score (nSPS) is 14.2. The predicted molar refractivity (Wildman–Crippen MR) is 55.4 cm³/mol. The van der Waals surface area contributed by atoms with Crippen LogP contribution in [0.5, 0.6) is 0 Å². The second-order valence-electron chi connectivity index (χ2n) is 3.93. The smallest absolute Gasteiger partial charge is 0.0386 e. The second-order valence-corrected chi connectivity index (χ2v) is 3.93. The predicted octanol–water partition coefficient (Wildman–Crippen LogP) is 2.36. The Balaban J connectivity index is 4.01. The van der Waals surface area contributed by atoms with E-state index in [0.29, 0.717) is 0 Å². The molecule has 0 spiro atoms. The summed E-state index contributed by atoms with van der Waals surface area (Å²) in [7, 11) is 0. The number of nitrogens with two attached hydrogens (primary N) is 1. The van der Waals surface area contributed by atoms with Crippen LogP contribution in [-0.2, 0) is 0 Å². The molecular formula is C10H20N2. The van der Waals surface area contributed by atoms with E-state index in [9.17, 15) is 0 Å². The van der Waals surface area contributed by atoms with Crippen LogP contribution in [0.2, 0.25) is 0 Å². The average Bonchev–Trinajstić information content (AvgIpc) is 1.96. The van der Waals surface area contributed by atoms with Crippen LogP contribution >= 0.6 is 0 Å². The number of aliphatic imine (C=N–C) groups is 1. The lowest BCUT2D eigenvalue weighted by Crippen LogP contribution is -2.16. The van der Waals surface area contributed by atoms with Crippen LogP contribution in [0.4, 0.5) is 0 Å². The summed E-state index contributed by atoms with van der Waals surface area (Å²) in [5.41, 5.74) is 6.73. The van der Waals surface area contributed by atoms with Gasteiger partial charge in [-0.2, -0.15) is 0 Å². The van der Waals surface area contributed by atoms with Crippen molar-refractivity contribution in [2.24, 2.45) is 16.1 Å². The maximum atomic E-state index is 5.80. The number of hydrogen-bond acceptors (Lipinski definition) is 2. The molecule has 0 aromatic carbocycles. The van der Waals surface area contributed by atoms with Crippen LogP contribution in [0, 0.1) is 5.41 Å². The van der Waals surface area contributed by atoms with Crippen LogP contribution < -0.4 is 5.73 Å². The fourth-order valence-electron chi connectivity index (χ4n) is 0.587. The third-order valence-electron chi connectivity index (χ3n) is 1.58. The van der Waals surface area contributed by atoms with Gasteiger partial charge in [-0.3, -0.25) is 4.99 Å². The fraction of sp³-hybridized carbons (Fsp3) is 0.700. The molecule has 12 heavy (non-hydrogen) atoms. The van der Waals surface area contributed by atoms with Crippen LogP contribution in [0.1, 0.15) is 34.1 Å². The van der Waals surface area contributed by atoms with Gasteiger partial charge in [0.2, 0.25) is 0 Å². The van der Waals surface area contributed by atoms with E-state index in [2.05, 4.69) is 32.7 Å². The summed E-state index contributed by atoms with van der Waals surface area (Å²) in [6.45, 7) is 9.26. The summed E-state index contributed by atoms with van der Waals surface area (Å²) < 4.78 is 0. The van der Waals surface area contributed by atoms with Gasteiger partial charge in [-0.15, -0.1) is 0 Å². The van der Waals surface area contributed by atoms with Crippen molar-refractivity contribution in [1.82, 2.24) is 0 Å². The summed E-state index contributed by atoms with van der Waals surface area (Å²) in [5, 5.41) is 0. The van der Waals surface area contributed by atoms with E-state index < -0.39 is 0 Å². The van der Waals surface area contributed by atoms with Gasteiger partial charge in [0.1, 0.15) is 0 Å². The van der Waals surface area contributed by atoms with Crippen molar-refractivity contribution in [3.05, 3.63) is 11.8 Å². The molecule has 70 valence electrons. The van der Waals surface area contributed by atoms with Crippen molar-refractivity contribution in [1.29, 1.82) is 0 Å². The monoisotopic (exact) mass is 168 g/mol. The Hall–Kier alpha value is -0.790. The standard InChI is InChI=1S/C10H20N2/c1-5-7-12-8-6-9(11)10(2,3)4/h6,8H,5,7,11H2,1-4H3. The molecular weight excluding hydrogens is 148 g/mol. The summed E-state index contributed by atoms with van der Waals surface area (Å²) in [4.78, 5) is 4.16. The molecule has 2 N–H and O–H groups in total. The first-order chi connectivity index (χ1) is 5.48. The van der Waals surface area contributed by atoms with Gasteiger partial charge < -0.3 is 5.73 Å². The maximum Gasteiger partial charge on any atom is 0.0386 e. The zero-order valence-electron chi connectivity index (χ0n) is 8.59. The third kappa shape index (κ3) is 4.94. The topological polar surface area (TPSA) is 38.4 Å². The molecule has 0 rings (SSSR count). The van der Waals surface area contributed by atoms with Gasteiger partial charge in [-0.25, -0.2) is 0 Å². The first kappa shape index (κ1) is 11.2. The van der Waals surface area contributed by atoms with Crippen molar-refractivity contribution in [3.63, 3.8) is 0 Å². The lowest BCUT2D eigenvalue weighted by atomic mass is 9.92. The maximum absolute atomic E-state index is 5.80. The van der Waals surface area contributed by atoms with Gasteiger partial charge in [-0.1, -0.05) is 27.7 Å². The molecule has 2 nitrogen and oxygen atoms in total. The molecule has 0 aliphatic heterocycles. The van der Waals surface area contributed by atoms with E-state index >= 15 is 0 Å². The van der Waals surface area contributed by atoms with Gasteiger partial charge in [0.25, 0.3) is 0 Å². The molecule has 0 aliphatic rings. The van der Waals surface area contributed by atoms with Gasteiger partial charge in [0.15, 0.2) is 0 Å². The molecule has 0 atom stereocenters. The van der Waals surface area contributed by atoms with Crippen molar-refractivity contribution in [2.75, 3.05) is 6.54 Å². The Bertz CT molecular complexity index is 173. The summed E-state index contributed by atoms with van der Waals surface area (Å²) in [6.07, 6.45) is 4.76. The Morgan fingerprint density at radius 1 is 1.42 bits per heavy atom. The van der Waals surface area contributed by atoms with E-state index in [4.69, 9.17) is 5.73 Å². The van der Waals surface area contributed by atoms with E-state index in [-0.39, 0.29) is 5.41 Å². The minimum absolute atomic E-state index is 0.0538. The summed E-state index contributed by atoms with van der Waals surface area (Å²) in [5.74, 6) is 0. The minimum atomic E-state index is 0.0538. The Morgan fingerprint density at radius 2 is 2.00 bits per heavy atom. The van der Waals surface area contributed by atoms with E-state index in [0.717, 1.165) is 18.7 Å². The molecule has 0 fully saturated rings. The number of rotatable bonds is 3. The molecule has 0 bridgehead atoms. The van der Waals surface area contributed by atoms with Gasteiger partial charge in [0.05, 0.1) is 0 Å². The molecule has 0 amide bonds.